The highest BCUT2D eigenvalue weighted by Crippen LogP contribution is 2.68. The lowest BCUT2D eigenvalue weighted by atomic mass is 9.44. The number of unbranched alkanes of at least 4 members (excludes halogenated alkanes) is 1. The summed E-state index contributed by atoms with van der Waals surface area (Å²) >= 11 is 0. The van der Waals surface area contributed by atoms with Crippen molar-refractivity contribution in [3.05, 3.63) is 0 Å². The van der Waals surface area contributed by atoms with E-state index in [4.69, 9.17) is 9.47 Å². The van der Waals surface area contributed by atoms with Crippen LogP contribution in [0.3, 0.4) is 0 Å². The molecule has 0 amide bonds. The van der Waals surface area contributed by atoms with Crippen molar-refractivity contribution in [3.63, 3.8) is 0 Å². The zero-order chi connectivity index (χ0) is 25.2. The van der Waals surface area contributed by atoms with Gasteiger partial charge in [-0.25, -0.2) is 4.79 Å². The van der Waals surface area contributed by atoms with Crippen LogP contribution in [0.25, 0.3) is 0 Å². The van der Waals surface area contributed by atoms with Crippen molar-refractivity contribution in [2.75, 3.05) is 13.2 Å². The summed E-state index contributed by atoms with van der Waals surface area (Å²) in [5.74, 6) is 3.61. The smallest absolute Gasteiger partial charge is 0.344 e. The van der Waals surface area contributed by atoms with Gasteiger partial charge in [0.2, 0.25) is 0 Å². The molecule has 0 aliphatic heterocycles. The Kier molecular flexibility index (Phi) is 8.55. The topological polar surface area (TPSA) is 72.8 Å². The molecule has 4 aliphatic carbocycles. The fourth-order valence-electron chi connectivity index (χ4n) is 9.34. The van der Waals surface area contributed by atoms with Crippen LogP contribution in [0.4, 0.5) is 0 Å². The predicted octanol–water partition coefficient (Wildman–Crippen LogP) is 6.31. The van der Waals surface area contributed by atoms with Crippen LogP contribution in [-0.4, -0.2) is 36.4 Å². The molecule has 0 aromatic heterocycles. The molecule has 4 fully saturated rings. The number of ether oxygens (including phenoxy) is 2. The van der Waals surface area contributed by atoms with Crippen LogP contribution in [-0.2, 0) is 19.1 Å². The minimum atomic E-state index is -0.446. The zero-order valence-corrected chi connectivity index (χ0v) is 22.7. The quantitative estimate of drug-likeness (QED) is 0.303. The summed E-state index contributed by atoms with van der Waals surface area (Å²) in [6, 6.07) is 0. The second-order valence-corrected chi connectivity index (χ2v) is 13.1. The number of carbonyl (C=O) groups is 2. The summed E-state index contributed by atoms with van der Waals surface area (Å²) in [6.07, 6.45) is 14.1. The van der Waals surface area contributed by atoms with Crippen LogP contribution < -0.4 is 0 Å². The Balaban J connectivity index is 1.29. The van der Waals surface area contributed by atoms with Crippen LogP contribution >= 0.6 is 0 Å². The summed E-state index contributed by atoms with van der Waals surface area (Å²) < 4.78 is 10.3. The van der Waals surface area contributed by atoms with Gasteiger partial charge < -0.3 is 14.6 Å². The average molecular weight is 491 g/mol. The van der Waals surface area contributed by atoms with Gasteiger partial charge in [0.1, 0.15) is 0 Å². The molecule has 200 valence electrons. The molecule has 0 radical (unpaired) electrons. The minimum absolute atomic E-state index is 0.0754. The molecule has 0 heterocycles. The van der Waals surface area contributed by atoms with Crippen molar-refractivity contribution in [3.8, 4) is 0 Å². The van der Waals surface area contributed by atoms with E-state index in [2.05, 4.69) is 20.8 Å². The van der Waals surface area contributed by atoms with Crippen LogP contribution in [0, 0.1) is 46.3 Å². The summed E-state index contributed by atoms with van der Waals surface area (Å²) in [5.41, 5.74) is 0.805. The van der Waals surface area contributed by atoms with Gasteiger partial charge in [0.05, 0.1) is 12.7 Å². The largest absolute Gasteiger partial charge is 0.463 e. The van der Waals surface area contributed by atoms with Gasteiger partial charge in [0, 0.05) is 6.42 Å². The first kappa shape index (κ1) is 26.9. The second kappa shape index (κ2) is 11.1. The summed E-state index contributed by atoms with van der Waals surface area (Å²) in [6.45, 7) is 9.63. The molecule has 5 heteroatoms. The molecule has 0 unspecified atom stereocenters. The van der Waals surface area contributed by atoms with Gasteiger partial charge in [-0.1, -0.05) is 34.1 Å². The highest BCUT2D eigenvalue weighted by molar-refractivity contribution is 5.76. The maximum Gasteiger partial charge on any atom is 0.344 e. The number of carbonyl (C=O) groups excluding carboxylic acids is 2. The van der Waals surface area contributed by atoms with Crippen LogP contribution in [0.15, 0.2) is 0 Å². The third-order valence-corrected chi connectivity index (χ3v) is 11.3. The lowest BCUT2D eigenvalue weighted by Crippen LogP contribution is -2.54. The number of esters is 2. The van der Waals surface area contributed by atoms with E-state index in [0.717, 1.165) is 49.9 Å². The first-order valence-electron chi connectivity index (χ1n) is 14.7. The summed E-state index contributed by atoms with van der Waals surface area (Å²) in [5, 5.41) is 10.3. The van der Waals surface area contributed by atoms with Crippen LogP contribution in [0.1, 0.15) is 111 Å². The van der Waals surface area contributed by atoms with Crippen LogP contribution in [0.2, 0.25) is 0 Å². The Morgan fingerprint density at radius 1 is 0.943 bits per heavy atom. The van der Waals surface area contributed by atoms with E-state index in [1.165, 1.54) is 44.9 Å². The van der Waals surface area contributed by atoms with E-state index >= 15 is 0 Å². The Morgan fingerprint density at radius 2 is 1.69 bits per heavy atom. The van der Waals surface area contributed by atoms with Crippen molar-refractivity contribution < 1.29 is 24.2 Å². The van der Waals surface area contributed by atoms with Gasteiger partial charge >= 0.3 is 11.9 Å². The van der Waals surface area contributed by atoms with Crippen molar-refractivity contribution in [1.29, 1.82) is 0 Å². The zero-order valence-electron chi connectivity index (χ0n) is 22.7. The maximum absolute atomic E-state index is 12.3. The van der Waals surface area contributed by atoms with Gasteiger partial charge in [0.25, 0.3) is 0 Å². The Morgan fingerprint density at radius 3 is 2.46 bits per heavy atom. The summed E-state index contributed by atoms with van der Waals surface area (Å²) in [4.78, 5) is 24.0. The molecular weight excluding hydrogens is 440 g/mol. The third-order valence-electron chi connectivity index (χ3n) is 11.3. The molecular formula is C30H50O5. The molecule has 5 nitrogen and oxygen atoms in total. The van der Waals surface area contributed by atoms with Gasteiger partial charge in [-0.15, -0.1) is 0 Å². The normalized spacial score (nSPS) is 41.3. The van der Waals surface area contributed by atoms with E-state index in [-0.39, 0.29) is 18.7 Å². The lowest BCUT2D eigenvalue weighted by Gasteiger charge is -2.61. The molecule has 4 aliphatic rings. The number of aliphatic hydroxyl groups excluding tert-OH is 1. The van der Waals surface area contributed by atoms with Gasteiger partial charge in [-0.05, 0) is 117 Å². The lowest BCUT2D eigenvalue weighted by molar-refractivity contribution is -0.159. The van der Waals surface area contributed by atoms with Crippen molar-refractivity contribution in [2.45, 2.75) is 117 Å². The molecule has 0 aromatic rings. The number of aliphatic hydroxyl groups is 1. The minimum Gasteiger partial charge on any atom is -0.463 e. The molecule has 0 saturated heterocycles. The fraction of sp³-hybridized carbons (Fsp3) is 0.933. The van der Waals surface area contributed by atoms with E-state index in [0.29, 0.717) is 41.6 Å². The van der Waals surface area contributed by atoms with Gasteiger partial charge in [-0.3, -0.25) is 4.79 Å². The van der Waals surface area contributed by atoms with E-state index in [1.807, 2.05) is 6.92 Å². The Bertz CT molecular complexity index is 751. The van der Waals surface area contributed by atoms with E-state index in [1.54, 1.807) is 0 Å². The van der Waals surface area contributed by atoms with Gasteiger partial charge in [0.15, 0.2) is 6.61 Å². The average Bonchev–Trinajstić information content (AvgIpc) is 3.19. The number of fused-ring (bicyclic) bond motifs is 5. The van der Waals surface area contributed by atoms with Crippen molar-refractivity contribution in [1.82, 2.24) is 0 Å². The fourth-order valence-corrected chi connectivity index (χ4v) is 9.34. The number of hydrogen-bond acceptors (Lipinski definition) is 5. The first-order chi connectivity index (χ1) is 16.7. The van der Waals surface area contributed by atoms with Crippen molar-refractivity contribution >= 4 is 11.9 Å². The molecule has 9 atom stereocenters. The predicted molar refractivity (Wildman–Crippen MR) is 136 cm³/mol. The molecule has 0 bridgehead atoms. The maximum atomic E-state index is 12.3. The monoisotopic (exact) mass is 490 g/mol. The second-order valence-electron chi connectivity index (χ2n) is 13.1. The molecule has 4 saturated carbocycles. The molecule has 4 rings (SSSR count). The molecule has 0 spiro atoms. The standard InChI is InChI=1S/C30H50O5/c1-5-6-17-34-28(33)19-35-27(32)12-7-20(2)24-10-11-25-23-9-8-21-18-22(31)13-15-29(21,3)26(23)14-16-30(24,25)4/h20-26,31H,5-19H2,1-4H3/t20-,21-,22-,23+,24-,25+,26+,29+,30-/m1/s1. The van der Waals surface area contributed by atoms with E-state index < -0.39 is 5.97 Å². The number of hydrogen-bond donors (Lipinski definition) is 1. The molecule has 35 heavy (non-hydrogen) atoms. The number of rotatable bonds is 9. The summed E-state index contributed by atoms with van der Waals surface area (Å²) in [7, 11) is 0. The Labute approximate surface area is 213 Å². The third kappa shape index (κ3) is 5.45. The highest BCUT2D eigenvalue weighted by Gasteiger charge is 2.60. The van der Waals surface area contributed by atoms with Gasteiger partial charge in [-0.2, -0.15) is 0 Å². The van der Waals surface area contributed by atoms with Crippen molar-refractivity contribution in [2.24, 2.45) is 46.3 Å². The molecule has 0 aromatic carbocycles. The SMILES string of the molecule is CCCCOC(=O)COC(=O)CC[C@@H](C)[C@H]1CC[C@H]2[C@@H]3CC[C@@H]4C[C@H](O)CC[C@]4(C)[C@H]3CC[C@]12C. The van der Waals surface area contributed by atoms with E-state index in [9.17, 15) is 14.7 Å². The highest BCUT2D eigenvalue weighted by atomic mass is 16.6. The first-order valence-corrected chi connectivity index (χ1v) is 14.7. The Hall–Kier alpha value is -1.10. The molecule has 1 N–H and O–H groups in total. The van der Waals surface area contributed by atoms with Crippen LogP contribution in [0.5, 0.6) is 0 Å².